The molecule has 1 aromatic heterocycles. The smallest absolute Gasteiger partial charge is 0.271 e. The minimum absolute atomic E-state index is 0.112. The van der Waals surface area contributed by atoms with Crippen molar-refractivity contribution in [3.8, 4) is 11.6 Å². The number of benzene rings is 2. The predicted octanol–water partition coefficient (Wildman–Crippen LogP) is 2.46. The third-order valence-electron chi connectivity index (χ3n) is 3.82. The summed E-state index contributed by atoms with van der Waals surface area (Å²) in [6, 6.07) is 17.5. The van der Waals surface area contributed by atoms with Gasteiger partial charge in [0.1, 0.15) is 5.82 Å². The summed E-state index contributed by atoms with van der Waals surface area (Å²) in [5.74, 6) is -0.607. The molecule has 0 spiro atoms. The minimum Gasteiger partial charge on any atom is -0.464 e. The van der Waals surface area contributed by atoms with Gasteiger partial charge in [0.05, 0.1) is 5.69 Å². The molecular formula is C20H18FN3O3. The van der Waals surface area contributed by atoms with Crippen LogP contribution in [0.15, 0.2) is 71.5 Å². The summed E-state index contributed by atoms with van der Waals surface area (Å²) in [7, 11) is 0. The molecule has 2 aromatic carbocycles. The van der Waals surface area contributed by atoms with Crippen molar-refractivity contribution in [2.24, 2.45) is 0 Å². The Kier molecular flexibility index (Phi) is 5.61. The van der Waals surface area contributed by atoms with E-state index < -0.39 is 17.5 Å². The summed E-state index contributed by atoms with van der Waals surface area (Å²) in [5, 5.41) is 6.87. The zero-order valence-electron chi connectivity index (χ0n) is 14.6. The number of hydrogen-bond acceptors (Lipinski definition) is 4. The molecule has 0 radical (unpaired) electrons. The maximum absolute atomic E-state index is 13.1. The van der Waals surface area contributed by atoms with Crippen LogP contribution in [0.2, 0.25) is 0 Å². The molecule has 1 N–H and O–H groups in total. The average Bonchev–Trinajstić information content (AvgIpc) is 2.69. The van der Waals surface area contributed by atoms with E-state index in [9.17, 15) is 14.0 Å². The number of carbonyl (C=O) groups is 1. The molecule has 1 amide bonds. The Balaban J connectivity index is 1.67. The summed E-state index contributed by atoms with van der Waals surface area (Å²) >= 11 is 0. The number of nitrogens with zero attached hydrogens (tertiary/aromatic N) is 2. The van der Waals surface area contributed by atoms with Crippen molar-refractivity contribution in [3.05, 3.63) is 88.5 Å². The van der Waals surface area contributed by atoms with Gasteiger partial charge in [0.2, 0.25) is 5.88 Å². The van der Waals surface area contributed by atoms with Gasteiger partial charge in [-0.1, -0.05) is 30.3 Å². The van der Waals surface area contributed by atoms with Gasteiger partial charge in [-0.2, -0.15) is 4.68 Å². The van der Waals surface area contributed by atoms with Gasteiger partial charge in [-0.25, -0.2) is 4.39 Å². The van der Waals surface area contributed by atoms with Crippen LogP contribution in [0.5, 0.6) is 5.88 Å². The molecule has 3 aromatic rings. The van der Waals surface area contributed by atoms with Gasteiger partial charge >= 0.3 is 0 Å². The molecule has 27 heavy (non-hydrogen) atoms. The summed E-state index contributed by atoms with van der Waals surface area (Å²) in [5.41, 5.74) is 0.976. The third kappa shape index (κ3) is 4.78. The number of rotatable bonds is 6. The van der Waals surface area contributed by atoms with E-state index in [1.807, 2.05) is 30.3 Å². The van der Waals surface area contributed by atoms with Crippen LogP contribution in [-0.4, -0.2) is 21.8 Å². The molecule has 1 heterocycles. The maximum Gasteiger partial charge on any atom is 0.271 e. The number of carbonyl (C=O) groups excluding carboxylic acids is 1. The second-order valence-corrected chi connectivity index (χ2v) is 5.86. The molecule has 0 saturated carbocycles. The fourth-order valence-electron chi connectivity index (χ4n) is 2.39. The first-order chi connectivity index (χ1) is 13.0. The molecule has 0 aliphatic carbocycles. The third-order valence-corrected chi connectivity index (χ3v) is 3.82. The highest BCUT2D eigenvalue weighted by molar-refractivity contribution is 5.80. The Bertz CT molecular complexity index is 972. The standard InChI is InChI=1S/C20H18FN3O3/c1-14(20(26)22-13-15-5-3-2-4-6-15)27-18-11-12-19(25)24(23-18)17-9-7-16(21)8-10-17/h2-12,14H,13H2,1H3,(H,22,26)/t14-/m1/s1. The predicted molar refractivity (Wildman–Crippen MR) is 98.2 cm³/mol. The van der Waals surface area contributed by atoms with Crippen molar-refractivity contribution in [1.29, 1.82) is 0 Å². The van der Waals surface area contributed by atoms with Crippen LogP contribution in [0, 0.1) is 5.82 Å². The van der Waals surface area contributed by atoms with E-state index in [0.717, 1.165) is 10.2 Å². The summed E-state index contributed by atoms with van der Waals surface area (Å²) < 4.78 is 19.7. The lowest BCUT2D eigenvalue weighted by Gasteiger charge is -2.15. The van der Waals surface area contributed by atoms with Crippen LogP contribution >= 0.6 is 0 Å². The monoisotopic (exact) mass is 367 g/mol. The molecule has 0 aliphatic rings. The molecule has 3 rings (SSSR count). The fourth-order valence-corrected chi connectivity index (χ4v) is 2.39. The topological polar surface area (TPSA) is 73.2 Å². The van der Waals surface area contributed by atoms with Crippen LogP contribution in [0.1, 0.15) is 12.5 Å². The van der Waals surface area contributed by atoms with Crippen LogP contribution in [0.4, 0.5) is 4.39 Å². The van der Waals surface area contributed by atoms with Crippen molar-refractivity contribution in [2.45, 2.75) is 19.6 Å². The van der Waals surface area contributed by atoms with E-state index in [1.165, 1.54) is 36.4 Å². The number of hydrogen-bond donors (Lipinski definition) is 1. The van der Waals surface area contributed by atoms with Gasteiger partial charge in [0, 0.05) is 18.7 Å². The molecule has 138 valence electrons. The van der Waals surface area contributed by atoms with Gasteiger partial charge in [0.25, 0.3) is 11.5 Å². The van der Waals surface area contributed by atoms with E-state index in [2.05, 4.69) is 10.4 Å². The molecule has 0 unspecified atom stereocenters. The molecule has 1 atom stereocenters. The lowest BCUT2D eigenvalue weighted by molar-refractivity contribution is -0.127. The van der Waals surface area contributed by atoms with Crippen molar-refractivity contribution in [1.82, 2.24) is 15.1 Å². The first kappa shape index (κ1) is 18.3. The quantitative estimate of drug-likeness (QED) is 0.726. The van der Waals surface area contributed by atoms with E-state index in [1.54, 1.807) is 6.92 Å². The van der Waals surface area contributed by atoms with Crippen LogP contribution in [-0.2, 0) is 11.3 Å². The highest BCUT2D eigenvalue weighted by atomic mass is 19.1. The van der Waals surface area contributed by atoms with E-state index >= 15 is 0 Å². The van der Waals surface area contributed by atoms with E-state index in [0.29, 0.717) is 12.2 Å². The molecular weight excluding hydrogens is 349 g/mol. The Morgan fingerprint density at radius 2 is 1.81 bits per heavy atom. The highest BCUT2D eigenvalue weighted by Gasteiger charge is 2.16. The average molecular weight is 367 g/mol. The molecule has 0 aliphatic heterocycles. The second kappa shape index (κ2) is 8.27. The van der Waals surface area contributed by atoms with Gasteiger partial charge in [-0.15, -0.1) is 5.10 Å². The zero-order valence-corrected chi connectivity index (χ0v) is 14.6. The summed E-state index contributed by atoms with van der Waals surface area (Å²) in [4.78, 5) is 24.2. The van der Waals surface area contributed by atoms with Crippen molar-refractivity contribution in [2.75, 3.05) is 0 Å². The van der Waals surface area contributed by atoms with Crippen LogP contribution in [0.25, 0.3) is 5.69 Å². The van der Waals surface area contributed by atoms with E-state index in [4.69, 9.17) is 4.74 Å². The van der Waals surface area contributed by atoms with Crippen molar-refractivity contribution >= 4 is 5.91 Å². The first-order valence-electron chi connectivity index (χ1n) is 8.37. The SMILES string of the molecule is C[C@@H](Oc1ccc(=O)n(-c2ccc(F)cc2)n1)C(=O)NCc1ccccc1. The summed E-state index contributed by atoms with van der Waals surface area (Å²) in [6.07, 6.45) is -0.805. The number of nitrogens with one attached hydrogen (secondary N) is 1. The Labute approximate surface area is 155 Å². The molecule has 6 nitrogen and oxygen atoms in total. The van der Waals surface area contributed by atoms with Gasteiger partial charge in [-0.3, -0.25) is 9.59 Å². The van der Waals surface area contributed by atoms with Crippen molar-refractivity contribution < 1.29 is 13.9 Å². The number of ether oxygens (including phenoxy) is 1. The zero-order chi connectivity index (χ0) is 19.2. The van der Waals surface area contributed by atoms with Crippen molar-refractivity contribution in [3.63, 3.8) is 0 Å². The first-order valence-corrected chi connectivity index (χ1v) is 8.37. The Morgan fingerprint density at radius 1 is 1.11 bits per heavy atom. The second-order valence-electron chi connectivity index (χ2n) is 5.86. The molecule has 0 fully saturated rings. The lowest BCUT2D eigenvalue weighted by atomic mass is 10.2. The normalized spacial score (nSPS) is 11.6. The minimum atomic E-state index is -0.805. The largest absolute Gasteiger partial charge is 0.464 e. The van der Waals surface area contributed by atoms with Crippen LogP contribution in [0.3, 0.4) is 0 Å². The fraction of sp³-hybridized carbons (Fsp3) is 0.150. The Morgan fingerprint density at radius 3 is 2.52 bits per heavy atom. The summed E-state index contributed by atoms with van der Waals surface area (Å²) in [6.45, 7) is 1.98. The molecule has 0 bridgehead atoms. The lowest BCUT2D eigenvalue weighted by Crippen LogP contribution is -2.36. The maximum atomic E-state index is 13.1. The van der Waals surface area contributed by atoms with E-state index in [-0.39, 0.29) is 11.8 Å². The van der Waals surface area contributed by atoms with Crippen LogP contribution < -0.4 is 15.6 Å². The molecule has 0 saturated heterocycles. The molecule has 7 heteroatoms. The number of amides is 1. The number of aromatic nitrogens is 2. The Hall–Kier alpha value is -3.48. The number of halogens is 1. The van der Waals surface area contributed by atoms with Gasteiger partial charge < -0.3 is 10.1 Å². The van der Waals surface area contributed by atoms with Gasteiger partial charge in [0.15, 0.2) is 6.10 Å². The highest BCUT2D eigenvalue weighted by Crippen LogP contribution is 2.10. The van der Waals surface area contributed by atoms with Gasteiger partial charge in [-0.05, 0) is 36.8 Å².